The van der Waals surface area contributed by atoms with Gasteiger partial charge >= 0.3 is 6.18 Å². The van der Waals surface area contributed by atoms with Crippen molar-refractivity contribution < 1.29 is 18.0 Å². The summed E-state index contributed by atoms with van der Waals surface area (Å²) in [4.78, 5) is 13.6. The van der Waals surface area contributed by atoms with E-state index in [0.29, 0.717) is 19.6 Å². The third-order valence-corrected chi connectivity index (χ3v) is 4.03. The minimum atomic E-state index is -4.11. The van der Waals surface area contributed by atoms with E-state index in [9.17, 15) is 18.0 Å². The van der Waals surface area contributed by atoms with Gasteiger partial charge in [0.05, 0.1) is 12.5 Å². The lowest BCUT2D eigenvalue weighted by atomic mass is 9.96. The standard InChI is InChI=1S/C16H21F3N2O/c1-12-2-4-13(5-3-12)10-20-15(22)11-21-8-6-14(7-9-21)16(17,18)19/h2-5,14H,6-11H2,1H3,(H,20,22). The normalized spacial score (nSPS) is 17.5. The van der Waals surface area contributed by atoms with Gasteiger partial charge in [-0.15, -0.1) is 0 Å². The summed E-state index contributed by atoms with van der Waals surface area (Å²) in [6.07, 6.45) is -3.96. The molecule has 1 fully saturated rings. The average Bonchev–Trinajstić information content (AvgIpc) is 2.46. The Kier molecular flexibility index (Phi) is 5.45. The van der Waals surface area contributed by atoms with Gasteiger partial charge in [0.1, 0.15) is 0 Å². The molecule has 1 heterocycles. The third kappa shape index (κ3) is 5.02. The van der Waals surface area contributed by atoms with E-state index in [-0.39, 0.29) is 25.3 Å². The molecule has 0 saturated carbocycles. The van der Waals surface area contributed by atoms with Gasteiger partial charge in [0, 0.05) is 6.54 Å². The fourth-order valence-electron chi connectivity index (χ4n) is 2.58. The van der Waals surface area contributed by atoms with Crippen molar-refractivity contribution >= 4 is 5.91 Å². The number of carbonyl (C=O) groups excluding carboxylic acids is 1. The molecule has 1 aliphatic rings. The summed E-state index contributed by atoms with van der Waals surface area (Å²) in [5.41, 5.74) is 2.16. The zero-order valence-corrected chi connectivity index (χ0v) is 12.6. The van der Waals surface area contributed by atoms with E-state index in [2.05, 4.69) is 5.32 Å². The monoisotopic (exact) mass is 314 g/mol. The van der Waals surface area contributed by atoms with Gasteiger partial charge in [-0.1, -0.05) is 29.8 Å². The molecule has 3 nitrogen and oxygen atoms in total. The van der Waals surface area contributed by atoms with Crippen molar-refractivity contribution in [3.63, 3.8) is 0 Å². The van der Waals surface area contributed by atoms with Crippen LogP contribution in [0.3, 0.4) is 0 Å². The number of amides is 1. The van der Waals surface area contributed by atoms with Gasteiger partial charge in [0.15, 0.2) is 0 Å². The predicted molar refractivity (Wildman–Crippen MR) is 78.2 cm³/mol. The lowest BCUT2D eigenvalue weighted by molar-refractivity contribution is -0.185. The van der Waals surface area contributed by atoms with Crippen LogP contribution in [0.25, 0.3) is 0 Å². The Balaban J connectivity index is 1.71. The summed E-state index contributed by atoms with van der Waals surface area (Å²) in [6, 6.07) is 7.85. The number of nitrogens with one attached hydrogen (secondary N) is 1. The first kappa shape index (κ1) is 16.8. The molecule has 0 unspecified atom stereocenters. The molecule has 6 heteroatoms. The van der Waals surface area contributed by atoms with Crippen molar-refractivity contribution in [3.05, 3.63) is 35.4 Å². The van der Waals surface area contributed by atoms with E-state index in [1.165, 1.54) is 0 Å². The van der Waals surface area contributed by atoms with Crippen molar-refractivity contribution in [2.75, 3.05) is 19.6 Å². The van der Waals surface area contributed by atoms with Gasteiger partial charge < -0.3 is 5.32 Å². The maximum atomic E-state index is 12.6. The zero-order chi connectivity index (χ0) is 16.2. The highest BCUT2D eigenvalue weighted by atomic mass is 19.4. The first-order valence-corrected chi connectivity index (χ1v) is 7.46. The number of hydrogen-bond acceptors (Lipinski definition) is 2. The first-order chi connectivity index (χ1) is 10.3. The molecule has 1 aliphatic heterocycles. The number of nitrogens with zero attached hydrogens (tertiary/aromatic N) is 1. The molecule has 0 radical (unpaired) electrons. The number of carbonyl (C=O) groups is 1. The largest absolute Gasteiger partial charge is 0.391 e. The molecule has 1 N–H and O–H groups in total. The minimum Gasteiger partial charge on any atom is -0.351 e. The number of piperidine rings is 1. The second-order valence-electron chi connectivity index (χ2n) is 5.85. The summed E-state index contributed by atoms with van der Waals surface area (Å²) in [5, 5.41) is 2.80. The topological polar surface area (TPSA) is 32.3 Å². The fourth-order valence-corrected chi connectivity index (χ4v) is 2.58. The zero-order valence-electron chi connectivity index (χ0n) is 12.6. The lowest BCUT2D eigenvalue weighted by Crippen LogP contribution is -2.43. The Labute approximate surface area is 128 Å². The van der Waals surface area contributed by atoms with Crippen molar-refractivity contribution in [1.82, 2.24) is 10.2 Å². The molecule has 0 spiro atoms. The van der Waals surface area contributed by atoms with Crippen LogP contribution in [0, 0.1) is 12.8 Å². The van der Waals surface area contributed by atoms with Gasteiger partial charge in [-0.3, -0.25) is 9.69 Å². The van der Waals surface area contributed by atoms with Crippen LogP contribution in [0.4, 0.5) is 13.2 Å². The minimum absolute atomic E-state index is 0.0781. The quantitative estimate of drug-likeness (QED) is 0.927. The smallest absolute Gasteiger partial charge is 0.351 e. The number of benzene rings is 1. The molecule has 0 aliphatic carbocycles. The third-order valence-electron chi connectivity index (χ3n) is 4.03. The Morgan fingerprint density at radius 1 is 1.23 bits per heavy atom. The van der Waals surface area contributed by atoms with E-state index in [1.807, 2.05) is 31.2 Å². The van der Waals surface area contributed by atoms with E-state index < -0.39 is 12.1 Å². The summed E-state index contributed by atoms with van der Waals surface area (Å²) in [6.45, 7) is 3.24. The molecule has 2 rings (SSSR count). The van der Waals surface area contributed by atoms with Crippen molar-refractivity contribution in [3.8, 4) is 0 Å². The molecule has 0 aromatic heterocycles. The van der Waals surface area contributed by atoms with Crippen LogP contribution in [0.5, 0.6) is 0 Å². The van der Waals surface area contributed by atoms with Crippen LogP contribution in [0.15, 0.2) is 24.3 Å². The van der Waals surface area contributed by atoms with Gasteiger partial charge in [-0.05, 0) is 38.4 Å². The second-order valence-corrected chi connectivity index (χ2v) is 5.85. The predicted octanol–water partition coefficient (Wildman–Crippen LogP) is 2.89. The van der Waals surface area contributed by atoms with Crippen LogP contribution in [0.1, 0.15) is 24.0 Å². The number of hydrogen-bond donors (Lipinski definition) is 1. The van der Waals surface area contributed by atoms with Crippen LogP contribution >= 0.6 is 0 Å². The van der Waals surface area contributed by atoms with Crippen molar-refractivity contribution in [1.29, 1.82) is 0 Å². The van der Waals surface area contributed by atoms with E-state index in [1.54, 1.807) is 4.90 Å². The van der Waals surface area contributed by atoms with E-state index in [4.69, 9.17) is 0 Å². The molecule has 22 heavy (non-hydrogen) atoms. The fraction of sp³-hybridized carbons (Fsp3) is 0.562. The maximum absolute atomic E-state index is 12.6. The Morgan fingerprint density at radius 3 is 2.36 bits per heavy atom. The second kappa shape index (κ2) is 7.13. The summed E-state index contributed by atoms with van der Waals surface area (Å²) >= 11 is 0. The molecule has 0 atom stereocenters. The number of likely N-dealkylation sites (tertiary alicyclic amines) is 1. The Bertz CT molecular complexity index is 491. The van der Waals surface area contributed by atoms with Crippen LogP contribution in [0.2, 0.25) is 0 Å². The first-order valence-electron chi connectivity index (χ1n) is 7.46. The van der Waals surface area contributed by atoms with Gasteiger partial charge in [-0.25, -0.2) is 0 Å². The van der Waals surface area contributed by atoms with Crippen LogP contribution in [-0.4, -0.2) is 36.6 Å². The number of halogens is 3. The van der Waals surface area contributed by atoms with Crippen molar-refractivity contribution in [2.24, 2.45) is 5.92 Å². The molecule has 1 amide bonds. The Morgan fingerprint density at radius 2 is 1.82 bits per heavy atom. The number of aryl methyl sites for hydroxylation is 1. The highest BCUT2D eigenvalue weighted by molar-refractivity contribution is 5.78. The van der Waals surface area contributed by atoms with Crippen LogP contribution < -0.4 is 5.32 Å². The Hall–Kier alpha value is -1.56. The molecule has 1 aromatic rings. The lowest BCUT2D eigenvalue weighted by Gasteiger charge is -2.32. The SMILES string of the molecule is Cc1ccc(CNC(=O)CN2CCC(C(F)(F)F)CC2)cc1. The molecule has 1 aromatic carbocycles. The van der Waals surface area contributed by atoms with E-state index in [0.717, 1.165) is 11.1 Å². The van der Waals surface area contributed by atoms with Gasteiger partial charge in [-0.2, -0.15) is 13.2 Å². The summed E-state index contributed by atoms with van der Waals surface area (Å²) in [5.74, 6) is -1.37. The van der Waals surface area contributed by atoms with E-state index >= 15 is 0 Å². The number of alkyl halides is 3. The van der Waals surface area contributed by atoms with Crippen molar-refractivity contribution in [2.45, 2.75) is 32.5 Å². The molecular formula is C16H21F3N2O. The maximum Gasteiger partial charge on any atom is 0.391 e. The van der Waals surface area contributed by atoms with Gasteiger partial charge in [0.2, 0.25) is 5.91 Å². The summed E-state index contributed by atoms with van der Waals surface area (Å²) < 4.78 is 37.7. The highest BCUT2D eigenvalue weighted by Crippen LogP contribution is 2.33. The highest BCUT2D eigenvalue weighted by Gasteiger charge is 2.41. The number of rotatable bonds is 4. The molecule has 122 valence electrons. The molecular weight excluding hydrogens is 293 g/mol. The average molecular weight is 314 g/mol. The molecule has 0 bridgehead atoms. The van der Waals surface area contributed by atoms with Crippen LogP contribution in [-0.2, 0) is 11.3 Å². The summed E-state index contributed by atoms with van der Waals surface area (Å²) in [7, 11) is 0. The van der Waals surface area contributed by atoms with Gasteiger partial charge in [0.25, 0.3) is 0 Å². The molecule has 1 saturated heterocycles.